The van der Waals surface area contributed by atoms with Gasteiger partial charge in [0.1, 0.15) is 0 Å². The Morgan fingerprint density at radius 2 is 1.58 bits per heavy atom. The maximum absolute atomic E-state index is 5.07. The van der Waals surface area contributed by atoms with Crippen molar-refractivity contribution in [3.63, 3.8) is 0 Å². The minimum absolute atomic E-state index is 0.00235. The number of rotatable bonds is 2. The van der Waals surface area contributed by atoms with Crippen molar-refractivity contribution in [2.45, 2.75) is 77.3 Å². The third-order valence-electron chi connectivity index (χ3n) is 9.38. The van der Waals surface area contributed by atoms with E-state index in [0.717, 1.165) is 29.6 Å². The van der Waals surface area contributed by atoms with Gasteiger partial charge in [0.25, 0.3) is 0 Å². The van der Waals surface area contributed by atoms with Crippen molar-refractivity contribution >= 4 is 34.8 Å². The SMILES string of the molecule is C[C@@H]1C[C@@H]2C[C@H](C)[C@H]3CC[C@](C)(N=[14C]=S)[C@H]4CC[C@@H]([C@@H]2[C@H]34)[C@]1(C)N=[14C]=S. The summed E-state index contributed by atoms with van der Waals surface area (Å²) in [6.45, 7) is 9.63. The molecule has 0 aromatic rings. The van der Waals surface area contributed by atoms with Crippen molar-refractivity contribution in [3.8, 4) is 0 Å². The monoisotopic (exact) mass is 392 g/mol. The van der Waals surface area contributed by atoms with Gasteiger partial charge in [0.2, 0.25) is 0 Å². The molecule has 0 aromatic carbocycles. The quantitative estimate of drug-likeness (QED) is 0.420. The van der Waals surface area contributed by atoms with Gasteiger partial charge in [0, 0.05) is 0 Å². The predicted octanol–water partition coefficient (Wildman–Crippen LogP) is 6.07. The zero-order valence-corrected chi connectivity index (χ0v) is 18.2. The fourth-order valence-electron chi connectivity index (χ4n) is 8.07. The Kier molecular flexibility index (Phi) is 4.80. The largest absolute Gasteiger partial charge is 0.226 e. The van der Waals surface area contributed by atoms with E-state index in [1.54, 1.807) is 0 Å². The Bertz CT molecular complexity index is 680. The normalized spacial score (nSPS) is 55.1. The van der Waals surface area contributed by atoms with Crippen molar-refractivity contribution in [1.82, 2.24) is 0 Å². The molecule has 4 fully saturated rings. The molecule has 142 valence electrons. The Balaban J connectivity index is 1.79. The number of thiocarbonyl (C=S) groups is 2. The van der Waals surface area contributed by atoms with Crippen molar-refractivity contribution < 1.29 is 0 Å². The molecular weight excluding hydrogens is 360 g/mol. The Hall–Kier alpha value is -0.400. The lowest BCUT2D eigenvalue weighted by Gasteiger charge is -2.65. The Morgan fingerprint density at radius 1 is 0.885 bits per heavy atom. The maximum atomic E-state index is 5.07. The second kappa shape index (κ2) is 6.59. The van der Waals surface area contributed by atoms with Gasteiger partial charge in [0.15, 0.2) is 0 Å². The number of isothiocyanates is 2. The summed E-state index contributed by atoms with van der Waals surface area (Å²) in [5.74, 6) is 6.02. The molecule has 4 saturated carbocycles. The molecule has 0 N–H and O–H groups in total. The first kappa shape index (κ1) is 18.9. The van der Waals surface area contributed by atoms with Crippen LogP contribution in [-0.2, 0) is 0 Å². The third kappa shape index (κ3) is 2.56. The van der Waals surface area contributed by atoms with Gasteiger partial charge in [-0.1, -0.05) is 13.8 Å². The molecule has 0 bridgehead atoms. The van der Waals surface area contributed by atoms with E-state index in [0.29, 0.717) is 17.8 Å². The van der Waals surface area contributed by atoms with E-state index in [1.165, 1.54) is 38.5 Å². The molecule has 0 saturated heterocycles. The third-order valence-corrected chi connectivity index (χ3v) is 9.56. The summed E-state index contributed by atoms with van der Waals surface area (Å²) in [7, 11) is 0. The van der Waals surface area contributed by atoms with Gasteiger partial charge >= 0.3 is 0 Å². The average Bonchev–Trinajstić information content (AvgIpc) is 2.59. The van der Waals surface area contributed by atoms with Gasteiger partial charge in [-0.15, -0.1) is 0 Å². The first-order chi connectivity index (χ1) is 12.4. The van der Waals surface area contributed by atoms with E-state index >= 15 is 0 Å². The summed E-state index contributed by atoms with van der Waals surface area (Å²) in [5, 5.41) is 5.52. The fraction of sp³-hybridized carbons (Fsp3) is 0.909. The molecule has 4 aliphatic carbocycles. The van der Waals surface area contributed by atoms with Gasteiger partial charge < -0.3 is 0 Å². The van der Waals surface area contributed by atoms with Crippen LogP contribution in [-0.4, -0.2) is 21.4 Å². The fourth-order valence-corrected chi connectivity index (χ4v) is 8.48. The topological polar surface area (TPSA) is 24.7 Å². The molecule has 0 aromatic heterocycles. The van der Waals surface area contributed by atoms with Gasteiger partial charge in [-0.05, 0) is 124 Å². The maximum Gasteiger partial charge on any atom is 0.0739 e. The van der Waals surface area contributed by atoms with E-state index in [4.69, 9.17) is 34.4 Å². The van der Waals surface area contributed by atoms with Gasteiger partial charge in [-0.3, -0.25) is 0 Å². The molecule has 0 unspecified atom stereocenters. The van der Waals surface area contributed by atoms with Gasteiger partial charge in [0.05, 0.1) is 21.4 Å². The van der Waals surface area contributed by atoms with Crippen molar-refractivity contribution in [2.24, 2.45) is 57.3 Å². The summed E-state index contributed by atoms with van der Waals surface area (Å²) in [4.78, 5) is 9.55. The van der Waals surface area contributed by atoms with Crippen LogP contribution >= 0.6 is 24.4 Å². The molecule has 0 heterocycles. The first-order valence-corrected chi connectivity index (χ1v) is 11.4. The minimum atomic E-state index is -0.0275. The molecule has 0 radical (unpaired) electrons. The second-order valence-electron chi connectivity index (χ2n) is 10.2. The summed E-state index contributed by atoms with van der Waals surface area (Å²) >= 11 is 10.1. The number of aliphatic imine (C=N–C) groups is 2. The zero-order chi connectivity index (χ0) is 18.7. The lowest BCUT2D eigenvalue weighted by Crippen LogP contribution is -2.63. The van der Waals surface area contributed by atoms with Crippen molar-refractivity contribution in [1.29, 1.82) is 0 Å². The van der Waals surface area contributed by atoms with Crippen LogP contribution in [0.4, 0.5) is 0 Å². The lowest BCUT2D eigenvalue weighted by molar-refractivity contribution is -0.148. The highest BCUT2D eigenvalue weighted by Gasteiger charge is 2.63. The van der Waals surface area contributed by atoms with Crippen LogP contribution in [0.1, 0.15) is 66.2 Å². The van der Waals surface area contributed by atoms with Crippen LogP contribution in [0.3, 0.4) is 0 Å². The predicted molar refractivity (Wildman–Crippen MR) is 114 cm³/mol. The van der Waals surface area contributed by atoms with E-state index in [1.807, 2.05) is 0 Å². The van der Waals surface area contributed by atoms with E-state index in [9.17, 15) is 0 Å². The molecule has 26 heavy (non-hydrogen) atoms. The summed E-state index contributed by atoms with van der Waals surface area (Å²) < 4.78 is 0. The molecule has 0 amide bonds. The summed E-state index contributed by atoms with van der Waals surface area (Å²) in [6, 6.07) is 0. The number of hydrogen-bond donors (Lipinski definition) is 0. The standard InChI is InChI=1S/C22H32N2S2/c1-13-9-15-10-14(2)22(4,24-12-26)18-6-5-17-20(19(15)18)16(13)7-8-21(17,3)23-11-25/h13-20H,5-10H2,1-4H3/t13-,14+,15-,16+,17-,18-,19+,20+,21-,22+/m0/s1/i11+2,12+2. The van der Waals surface area contributed by atoms with Crippen molar-refractivity contribution in [3.05, 3.63) is 0 Å². The molecule has 0 aliphatic heterocycles. The minimum Gasteiger partial charge on any atom is -0.226 e. The molecule has 0 spiro atoms. The first-order valence-electron chi connectivity index (χ1n) is 10.5. The van der Waals surface area contributed by atoms with Crippen LogP contribution in [0.2, 0.25) is 0 Å². The molecule has 10 atom stereocenters. The highest BCUT2D eigenvalue weighted by atomic mass is 32.1. The zero-order valence-electron chi connectivity index (χ0n) is 16.6. The molecular formula is C22H32N2S2. The highest BCUT2D eigenvalue weighted by Crippen LogP contribution is 2.66. The van der Waals surface area contributed by atoms with Gasteiger partial charge in [-0.2, -0.15) is 0 Å². The lowest BCUT2D eigenvalue weighted by atomic mass is 9.40. The van der Waals surface area contributed by atoms with Crippen LogP contribution in [0.15, 0.2) is 9.98 Å². The average molecular weight is 393 g/mol. The van der Waals surface area contributed by atoms with E-state index in [2.05, 4.69) is 38.0 Å². The smallest absolute Gasteiger partial charge is 0.0739 e. The molecule has 4 heteroatoms. The van der Waals surface area contributed by atoms with Crippen LogP contribution < -0.4 is 0 Å². The van der Waals surface area contributed by atoms with Crippen LogP contribution in [0, 0.1) is 47.3 Å². The van der Waals surface area contributed by atoms with Crippen LogP contribution in [0.25, 0.3) is 0 Å². The van der Waals surface area contributed by atoms with E-state index < -0.39 is 0 Å². The van der Waals surface area contributed by atoms with Gasteiger partial charge in [-0.25, -0.2) is 9.98 Å². The summed E-state index contributed by atoms with van der Waals surface area (Å²) in [5.41, 5.74) is -0.0252. The van der Waals surface area contributed by atoms with E-state index in [-0.39, 0.29) is 11.1 Å². The number of nitrogens with zero attached hydrogens (tertiary/aromatic N) is 2. The van der Waals surface area contributed by atoms with Crippen LogP contribution in [0.5, 0.6) is 0 Å². The second-order valence-corrected chi connectivity index (χ2v) is 10.6. The Morgan fingerprint density at radius 3 is 2.27 bits per heavy atom. The van der Waals surface area contributed by atoms with Crippen molar-refractivity contribution in [2.75, 3.05) is 0 Å². The molecule has 4 aliphatic rings. The Labute approximate surface area is 169 Å². The number of hydrogen-bond acceptors (Lipinski definition) is 4. The summed E-state index contributed by atoms with van der Waals surface area (Å²) in [6.07, 6.45) is 7.70. The molecule has 4 rings (SSSR count). The molecule has 2 nitrogen and oxygen atoms in total. The highest BCUT2D eigenvalue weighted by molar-refractivity contribution is 7.78.